The summed E-state index contributed by atoms with van der Waals surface area (Å²) >= 11 is 5.67. The third-order valence-electron chi connectivity index (χ3n) is 2.55. The van der Waals surface area contributed by atoms with Gasteiger partial charge in [-0.1, -0.05) is 18.5 Å². The highest BCUT2D eigenvalue weighted by Gasteiger charge is 2.29. The Morgan fingerprint density at radius 3 is 2.56 bits per heavy atom. The van der Waals surface area contributed by atoms with Crippen LogP contribution in [-0.4, -0.2) is 39.9 Å². The minimum atomic E-state index is -0.991. The van der Waals surface area contributed by atoms with Gasteiger partial charge in [0, 0.05) is 6.20 Å². The molecule has 0 aliphatic rings. The van der Waals surface area contributed by atoms with Crippen molar-refractivity contribution in [2.75, 3.05) is 13.2 Å². The quantitative estimate of drug-likeness (QED) is 0.612. The molecule has 0 aliphatic carbocycles. The van der Waals surface area contributed by atoms with Gasteiger partial charge in [-0.15, -0.1) is 0 Å². The monoisotopic (exact) mass is 246 g/mol. The molecule has 4 N–H and O–H groups in total. The van der Waals surface area contributed by atoms with Crippen LogP contribution in [0.25, 0.3) is 0 Å². The van der Waals surface area contributed by atoms with Crippen molar-refractivity contribution < 1.29 is 15.0 Å². The van der Waals surface area contributed by atoms with Crippen LogP contribution < -0.4 is 5.32 Å². The molecule has 1 aromatic rings. The van der Waals surface area contributed by atoms with E-state index in [4.69, 9.17) is 21.8 Å². The van der Waals surface area contributed by atoms with Crippen LogP contribution >= 0.6 is 11.6 Å². The third-order valence-corrected chi connectivity index (χ3v) is 2.77. The van der Waals surface area contributed by atoms with Crippen LogP contribution in [0.5, 0.6) is 0 Å². The van der Waals surface area contributed by atoms with Crippen molar-refractivity contribution in [1.29, 1.82) is 0 Å². The number of carbonyl (C=O) groups is 1. The lowest BCUT2D eigenvalue weighted by Gasteiger charge is -2.29. The number of aliphatic hydroxyl groups is 2. The number of aromatic nitrogens is 1. The fourth-order valence-corrected chi connectivity index (χ4v) is 1.41. The fraction of sp³-hybridized carbons (Fsp3) is 0.500. The first-order valence-corrected chi connectivity index (χ1v) is 5.33. The zero-order valence-corrected chi connectivity index (χ0v) is 9.71. The molecule has 16 heavy (non-hydrogen) atoms. The molecule has 0 saturated heterocycles. The van der Waals surface area contributed by atoms with E-state index in [0.29, 0.717) is 17.1 Å². The molecule has 6 heteroatoms. The Morgan fingerprint density at radius 1 is 1.56 bits per heavy atom. The number of amides is 1. The molecule has 5 nitrogen and oxygen atoms in total. The zero-order valence-electron chi connectivity index (χ0n) is 8.96. The number of carbonyl (C=O) groups excluding carboxylic acids is 1. The van der Waals surface area contributed by atoms with Crippen molar-refractivity contribution >= 4 is 17.5 Å². The van der Waals surface area contributed by atoms with Crippen LogP contribution in [0, 0.1) is 0 Å². The summed E-state index contributed by atoms with van der Waals surface area (Å²) in [5, 5.41) is 21.3. The number of halogens is 1. The number of rotatable bonds is 5. The van der Waals surface area contributed by atoms with Gasteiger partial charge in [0.25, 0.3) is 5.91 Å². The summed E-state index contributed by atoms with van der Waals surface area (Å²) in [6.45, 7) is 1.13. The van der Waals surface area contributed by atoms with Gasteiger partial charge in [-0.3, -0.25) is 4.79 Å². The van der Waals surface area contributed by atoms with Crippen LogP contribution in [-0.2, 0) is 0 Å². The van der Waals surface area contributed by atoms with Gasteiger partial charge in [-0.25, -0.2) is 0 Å². The standard InChI is InChI=1S/C10H15ClN2O3/c1-2-10(5-14,6-15)13-9(16)8-3-7(11)4-12-8/h3-4,12,14-15H,2,5-6H2,1H3,(H,13,16). The van der Waals surface area contributed by atoms with Gasteiger partial charge >= 0.3 is 0 Å². The molecule has 0 aromatic carbocycles. The van der Waals surface area contributed by atoms with Crippen LogP contribution in [0.15, 0.2) is 12.3 Å². The average molecular weight is 247 g/mol. The number of aliphatic hydroxyl groups excluding tert-OH is 2. The maximum absolute atomic E-state index is 11.7. The number of hydrogen-bond donors (Lipinski definition) is 4. The summed E-state index contributed by atoms with van der Waals surface area (Å²) in [4.78, 5) is 14.4. The first-order valence-electron chi connectivity index (χ1n) is 4.95. The normalized spacial score (nSPS) is 11.5. The lowest BCUT2D eigenvalue weighted by Crippen LogP contribution is -2.53. The maximum atomic E-state index is 11.7. The lowest BCUT2D eigenvalue weighted by atomic mass is 9.98. The van der Waals surface area contributed by atoms with E-state index in [1.165, 1.54) is 12.3 Å². The molecule has 0 bridgehead atoms. The minimum Gasteiger partial charge on any atom is -0.394 e. The Morgan fingerprint density at radius 2 is 2.19 bits per heavy atom. The molecule has 0 aliphatic heterocycles. The van der Waals surface area contributed by atoms with E-state index in [-0.39, 0.29) is 13.2 Å². The lowest BCUT2D eigenvalue weighted by molar-refractivity contribution is 0.0649. The van der Waals surface area contributed by atoms with Crippen molar-refractivity contribution in [3.63, 3.8) is 0 Å². The number of hydrogen-bond acceptors (Lipinski definition) is 3. The maximum Gasteiger partial charge on any atom is 0.268 e. The van der Waals surface area contributed by atoms with Crippen molar-refractivity contribution in [2.24, 2.45) is 0 Å². The number of aromatic amines is 1. The average Bonchev–Trinajstić information content (AvgIpc) is 2.73. The molecule has 0 saturated carbocycles. The van der Waals surface area contributed by atoms with E-state index in [2.05, 4.69) is 10.3 Å². The summed E-state index contributed by atoms with van der Waals surface area (Å²) in [6.07, 6.45) is 1.92. The summed E-state index contributed by atoms with van der Waals surface area (Å²) in [5.41, 5.74) is -0.695. The van der Waals surface area contributed by atoms with Gasteiger partial charge in [-0.05, 0) is 12.5 Å². The highest BCUT2D eigenvalue weighted by Crippen LogP contribution is 2.13. The predicted octanol–water partition coefficient (Wildman–Crippen LogP) is 0.531. The topological polar surface area (TPSA) is 85.3 Å². The minimum absolute atomic E-state index is 0.296. The predicted molar refractivity (Wildman–Crippen MR) is 60.5 cm³/mol. The van der Waals surface area contributed by atoms with E-state index < -0.39 is 11.4 Å². The Labute approximate surface area is 98.4 Å². The Hall–Kier alpha value is -1.04. The van der Waals surface area contributed by atoms with Gasteiger partial charge in [0.1, 0.15) is 5.69 Å². The Kier molecular flexibility index (Phi) is 4.35. The van der Waals surface area contributed by atoms with Crippen molar-refractivity contribution in [2.45, 2.75) is 18.9 Å². The number of nitrogens with one attached hydrogen (secondary N) is 2. The second-order valence-electron chi connectivity index (χ2n) is 3.64. The SMILES string of the molecule is CCC(CO)(CO)NC(=O)c1cc(Cl)c[nH]1. The van der Waals surface area contributed by atoms with E-state index in [1.54, 1.807) is 6.92 Å². The molecule has 90 valence electrons. The number of H-pyrrole nitrogens is 1. The molecule has 0 fully saturated rings. The molecule has 1 amide bonds. The summed E-state index contributed by atoms with van der Waals surface area (Å²) in [6, 6.07) is 1.48. The van der Waals surface area contributed by atoms with E-state index in [1.807, 2.05) is 0 Å². The third kappa shape index (κ3) is 2.75. The zero-order chi connectivity index (χ0) is 12.2. The molecular formula is C10H15ClN2O3. The van der Waals surface area contributed by atoms with Crippen molar-refractivity contribution in [3.05, 3.63) is 23.0 Å². The molecule has 0 radical (unpaired) electrons. The van der Waals surface area contributed by atoms with Crippen molar-refractivity contribution in [3.8, 4) is 0 Å². The molecule has 0 atom stereocenters. The van der Waals surface area contributed by atoms with E-state index in [0.717, 1.165) is 0 Å². The van der Waals surface area contributed by atoms with Gasteiger partial charge in [0.15, 0.2) is 0 Å². The molecule has 0 spiro atoms. The summed E-state index contributed by atoms with van der Waals surface area (Å²) in [7, 11) is 0. The molecule has 0 unspecified atom stereocenters. The van der Waals surface area contributed by atoms with Gasteiger partial charge in [0.05, 0.1) is 23.8 Å². The first-order chi connectivity index (χ1) is 7.56. The van der Waals surface area contributed by atoms with Gasteiger partial charge in [-0.2, -0.15) is 0 Å². The molecule has 1 rings (SSSR count). The van der Waals surface area contributed by atoms with Crippen LogP contribution in [0.1, 0.15) is 23.8 Å². The second kappa shape index (κ2) is 5.34. The van der Waals surface area contributed by atoms with Crippen LogP contribution in [0.2, 0.25) is 5.02 Å². The largest absolute Gasteiger partial charge is 0.394 e. The fourth-order valence-electron chi connectivity index (χ4n) is 1.25. The van der Waals surface area contributed by atoms with E-state index in [9.17, 15) is 4.79 Å². The van der Waals surface area contributed by atoms with Crippen LogP contribution in [0.3, 0.4) is 0 Å². The molecule has 1 aromatic heterocycles. The molecule has 1 heterocycles. The highest BCUT2D eigenvalue weighted by atomic mass is 35.5. The smallest absolute Gasteiger partial charge is 0.268 e. The first kappa shape index (κ1) is 13.0. The second-order valence-corrected chi connectivity index (χ2v) is 4.07. The van der Waals surface area contributed by atoms with Gasteiger partial charge in [0.2, 0.25) is 0 Å². The van der Waals surface area contributed by atoms with Crippen molar-refractivity contribution in [1.82, 2.24) is 10.3 Å². The van der Waals surface area contributed by atoms with Gasteiger partial charge < -0.3 is 20.5 Å². The van der Waals surface area contributed by atoms with E-state index >= 15 is 0 Å². The summed E-state index contributed by atoms with van der Waals surface area (Å²) in [5.74, 6) is -0.406. The highest BCUT2D eigenvalue weighted by molar-refractivity contribution is 6.30. The summed E-state index contributed by atoms with van der Waals surface area (Å²) < 4.78 is 0. The Bertz CT molecular complexity index is 352. The Balaban J connectivity index is 2.76. The van der Waals surface area contributed by atoms with Crippen LogP contribution in [0.4, 0.5) is 0 Å². The molecular weight excluding hydrogens is 232 g/mol.